The third-order valence-electron chi connectivity index (χ3n) is 3.96. The van der Waals surface area contributed by atoms with E-state index in [1.165, 1.54) is 38.2 Å². The van der Waals surface area contributed by atoms with Crippen LogP contribution in [-0.2, 0) is 19.6 Å². The van der Waals surface area contributed by atoms with Crippen LogP contribution < -0.4 is 10.6 Å². The number of piperazine rings is 1. The van der Waals surface area contributed by atoms with Gasteiger partial charge in [0, 0.05) is 45.3 Å². The number of sulfonamides is 1. The van der Waals surface area contributed by atoms with E-state index in [1.54, 1.807) is 4.90 Å². The maximum absolute atomic E-state index is 12.6. The first-order valence-electron chi connectivity index (χ1n) is 8.05. The Labute approximate surface area is 148 Å². The average molecular weight is 368 g/mol. The Morgan fingerprint density at radius 2 is 1.96 bits per heavy atom. The number of hydrogen-bond acceptors (Lipinski definition) is 5. The van der Waals surface area contributed by atoms with Crippen LogP contribution >= 0.6 is 0 Å². The Bertz CT molecular complexity index is 733. The molecule has 0 aliphatic carbocycles. The van der Waals surface area contributed by atoms with Crippen molar-refractivity contribution in [3.8, 4) is 0 Å². The van der Waals surface area contributed by atoms with Crippen molar-refractivity contribution in [3.05, 3.63) is 24.3 Å². The fourth-order valence-corrected chi connectivity index (χ4v) is 3.75. The van der Waals surface area contributed by atoms with Gasteiger partial charge in [-0.05, 0) is 31.2 Å². The van der Waals surface area contributed by atoms with Crippen molar-refractivity contribution in [3.63, 3.8) is 0 Å². The van der Waals surface area contributed by atoms with Crippen LogP contribution in [0.1, 0.15) is 13.8 Å². The molecule has 1 aliphatic rings. The molecule has 0 saturated carbocycles. The van der Waals surface area contributed by atoms with Crippen molar-refractivity contribution >= 4 is 27.5 Å². The lowest BCUT2D eigenvalue weighted by Crippen LogP contribution is -2.53. The summed E-state index contributed by atoms with van der Waals surface area (Å²) in [5.74, 6) is -0.446. The number of likely N-dealkylation sites (N-methyl/N-ethyl adjacent to an activating group) is 1. The smallest absolute Gasteiger partial charge is 0.243 e. The predicted molar refractivity (Wildman–Crippen MR) is 94.6 cm³/mol. The summed E-state index contributed by atoms with van der Waals surface area (Å²) in [4.78, 5) is 25.1. The summed E-state index contributed by atoms with van der Waals surface area (Å²) in [6.45, 7) is 4.99. The first-order chi connectivity index (χ1) is 11.7. The van der Waals surface area contributed by atoms with Crippen molar-refractivity contribution in [1.29, 1.82) is 0 Å². The lowest BCUT2D eigenvalue weighted by Gasteiger charge is -2.32. The zero-order valence-corrected chi connectivity index (χ0v) is 15.5. The van der Waals surface area contributed by atoms with Gasteiger partial charge in [0.1, 0.15) is 0 Å². The quantitative estimate of drug-likeness (QED) is 0.767. The summed E-state index contributed by atoms with van der Waals surface area (Å²) < 4.78 is 26.3. The molecule has 1 fully saturated rings. The predicted octanol–water partition coefficient (Wildman–Crippen LogP) is 0.0858. The Kier molecular flexibility index (Phi) is 6.15. The molecule has 1 aromatic rings. The number of carbonyl (C=O) groups excluding carboxylic acids is 2. The molecule has 1 heterocycles. The molecule has 1 unspecified atom stereocenters. The number of amides is 2. The van der Waals surface area contributed by atoms with Gasteiger partial charge in [0.05, 0.1) is 11.4 Å². The van der Waals surface area contributed by atoms with Crippen LogP contribution in [-0.4, -0.2) is 68.7 Å². The van der Waals surface area contributed by atoms with E-state index in [1.807, 2.05) is 6.92 Å². The van der Waals surface area contributed by atoms with E-state index >= 15 is 0 Å². The van der Waals surface area contributed by atoms with E-state index in [0.29, 0.717) is 25.3 Å². The number of carbonyl (C=O) groups is 2. The molecule has 1 aromatic carbocycles. The number of anilines is 1. The summed E-state index contributed by atoms with van der Waals surface area (Å²) in [5.41, 5.74) is 0.514. The highest BCUT2D eigenvalue weighted by atomic mass is 32.2. The highest BCUT2D eigenvalue weighted by Crippen LogP contribution is 2.17. The first kappa shape index (κ1) is 19.4. The maximum atomic E-state index is 12.6. The summed E-state index contributed by atoms with van der Waals surface area (Å²) in [6, 6.07) is 6.05. The Hall–Kier alpha value is -1.97. The van der Waals surface area contributed by atoms with Crippen LogP contribution in [0.2, 0.25) is 0 Å². The molecule has 1 atom stereocenters. The highest BCUT2D eigenvalue weighted by Gasteiger charge is 2.27. The zero-order valence-electron chi connectivity index (χ0n) is 14.7. The average Bonchev–Trinajstić information content (AvgIpc) is 2.54. The van der Waals surface area contributed by atoms with Crippen LogP contribution in [0.5, 0.6) is 0 Å². The second kappa shape index (κ2) is 7.94. The van der Waals surface area contributed by atoms with Crippen molar-refractivity contribution < 1.29 is 18.0 Å². The molecule has 9 heteroatoms. The Morgan fingerprint density at radius 1 is 1.32 bits per heavy atom. The van der Waals surface area contributed by atoms with Gasteiger partial charge in [-0.15, -0.1) is 0 Å². The van der Waals surface area contributed by atoms with Gasteiger partial charge in [0.25, 0.3) is 0 Å². The molecule has 2 amide bonds. The lowest BCUT2D eigenvalue weighted by atomic mass is 10.2. The Morgan fingerprint density at radius 3 is 2.52 bits per heavy atom. The van der Waals surface area contributed by atoms with Gasteiger partial charge in [0.2, 0.25) is 21.8 Å². The third-order valence-corrected chi connectivity index (χ3v) is 5.78. The number of benzene rings is 1. The minimum absolute atomic E-state index is 0.0746. The summed E-state index contributed by atoms with van der Waals surface area (Å²) in [6.07, 6.45) is 0. The topological polar surface area (TPSA) is 98.8 Å². The van der Waals surface area contributed by atoms with Crippen molar-refractivity contribution in [2.24, 2.45) is 0 Å². The van der Waals surface area contributed by atoms with E-state index < -0.39 is 10.0 Å². The summed E-state index contributed by atoms with van der Waals surface area (Å²) in [5, 5.41) is 5.82. The summed E-state index contributed by atoms with van der Waals surface area (Å²) in [7, 11) is -2.38. The molecule has 8 nitrogen and oxygen atoms in total. The SMILES string of the molecule is CC(=O)Nc1ccc(S(=O)(=O)N(C)CC(=O)N2CCNC(C)C2)cc1. The molecule has 2 N–H and O–H groups in total. The maximum Gasteiger partial charge on any atom is 0.243 e. The van der Waals surface area contributed by atoms with Crippen molar-refractivity contribution in [1.82, 2.24) is 14.5 Å². The second-order valence-corrected chi connectivity index (χ2v) is 8.21. The highest BCUT2D eigenvalue weighted by molar-refractivity contribution is 7.89. The van der Waals surface area contributed by atoms with Crippen LogP contribution in [0.4, 0.5) is 5.69 Å². The molecule has 1 saturated heterocycles. The number of rotatable bonds is 5. The molecular weight excluding hydrogens is 344 g/mol. The van der Waals surface area contributed by atoms with Gasteiger partial charge >= 0.3 is 0 Å². The number of nitrogens with one attached hydrogen (secondary N) is 2. The van der Waals surface area contributed by atoms with Crippen LogP contribution in [0.25, 0.3) is 0 Å². The van der Waals surface area contributed by atoms with E-state index in [9.17, 15) is 18.0 Å². The second-order valence-electron chi connectivity index (χ2n) is 6.16. The van der Waals surface area contributed by atoms with Gasteiger partial charge in [-0.2, -0.15) is 4.31 Å². The molecule has 0 spiro atoms. The number of nitrogens with zero attached hydrogens (tertiary/aromatic N) is 2. The Balaban J connectivity index is 2.05. The first-order valence-corrected chi connectivity index (χ1v) is 9.49. The minimum atomic E-state index is -3.77. The minimum Gasteiger partial charge on any atom is -0.339 e. The van der Waals surface area contributed by atoms with Gasteiger partial charge in [-0.25, -0.2) is 8.42 Å². The molecular formula is C16H24N4O4S. The van der Waals surface area contributed by atoms with Crippen molar-refractivity contribution in [2.45, 2.75) is 24.8 Å². The van der Waals surface area contributed by atoms with E-state index in [-0.39, 0.29) is 29.3 Å². The fourth-order valence-electron chi connectivity index (χ4n) is 2.63. The largest absolute Gasteiger partial charge is 0.339 e. The van der Waals surface area contributed by atoms with Gasteiger partial charge in [-0.1, -0.05) is 0 Å². The van der Waals surface area contributed by atoms with E-state index in [0.717, 1.165) is 4.31 Å². The van der Waals surface area contributed by atoms with Crippen molar-refractivity contribution in [2.75, 3.05) is 38.5 Å². The van der Waals surface area contributed by atoms with Crippen LogP contribution in [0.3, 0.4) is 0 Å². The molecule has 138 valence electrons. The third kappa shape index (κ3) is 5.00. The lowest BCUT2D eigenvalue weighted by molar-refractivity contribution is -0.132. The molecule has 25 heavy (non-hydrogen) atoms. The molecule has 2 rings (SSSR count). The molecule has 0 radical (unpaired) electrons. The van der Waals surface area contributed by atoms with Gasteiger partial charge in [-0.3, -0.25) is 9.59 Å². The zero-order chi connectivity index (χ0) is 18.6. The summed E-state index contributed by atoms with van der Waals surface area (Å²) >= 11 is 0. The van der Waals surface area contributed by atoms with Crippen LogP contribution in [0, 0.1) is 0 Å². The molecule has 0 bridgehead atoms. The molecule has 1 aliphatic heterocycles. The van der Waals surface area contributed by atoms with E-state index in [2.05, 4.69) is 10.6 Å². The monoisotopic (exact) mass is 368 g/mol. The molecule has 0 aromatic heterocycles. The number of hydrogen-bond donors (Lipinski definition) is 2. The van der Waals surface area contributed by atoms with Gasteiger partial charge < -0.3 is 15.5 Å². The fraction of sp³-hybridized carbons (Fsp3) is 0.500. The van der Waals surface area contributed by atoms with Gasteiger partial charge in [0.15, 0.2) is 0 Å². The van der Waals surface area contributed by atoms with E-state index in [4.69, 9.17) is 0 Å². The van der Waals surface area contributed by atoms with Crippen LogP contribution in [0.15, 0.2) is 29.2 Å². The standard InChI is InChI=1S/C16H24N4O4S/c1-12-10-20(9-8-17-12)16(22)11-19(3)25(23,24)15-6-4-14(5-7-15)18-13(2)21/h4-7,12,17H,8-11H2,1-3H3,(H,18,21). The normalized spacial score (nSPS) is 18.2.